The average molecular weight is 187 g/mol. The van der Waals surface area contributed by atoms with E-state index in [0.717, 1.165) is 5.56 Å². The Morgan fingerprint density at radius 1 is 1.64 bits per heavy atom. The molecule has 1 aromatic heterocycles. The Labute approximate surface area is 75.6 Å². The normalized spacial score (nSPS) is 9.27. The first-order chi connectivity index (χ1) is 5.22. The summed E-state index contributed by atoms with van der Waals surface area (Å²) in [6, 6.07) is 3.66. The van der Waals surface area contributed by atoms with Crippen molar-refractivity contribution in [2.45, 2.75) is 6.92 Å². The molecule has 0 saturated heterocycles. The molecule has 2 nitrogen and oxygen atoms in total. The summed E-state index contributed by atoms with van der Waals surface area (Å²) in [5.74, 6) is 0.685. The van der Waals surface area contributed by atoms with Crippen LogP contribution < -0.4 is 5.32 Å². The van der Waals surface area contributed by atoms with E-state index < -0.39 is 0 Å². The van der Waals surface area contributed by atoms with Crippen LogP contribution in [0.2, 0.25) is 5.15 Å². The van der Waals surface area contributed by atoms with E-state index >= 15 is 0 Å². The minimum Gasteiger partial charge on any atom is -0.337 e. The van der Waals surface area contributed by atoms with Gasteiger partial charge in [0, 0.05) is 0 Å². The van der Waals surface area contributed by atoms with Crippen molar-refractivity contribution in [3.63, 3.8) is 0 Å². The van der Waals surface area contributed by atoms with Gasteiger partial charge in [0.2, 0.25) is 0 Å². The molecule has 0 saturated carbocycles. The largest absolute Gasteiger partial charge is 0.337 e. The summed E-state index contributed by atoms with van der Waals surface area (Å²) < 4.78 is 0. The van der Waals surface area contributed by atoms with Crippen molar-refractivity contribution in [3.8, 4) is 0 Å². The summed E-state index contributed by atoms with van der Waals surface area (Å²) in [7, 11) is 0. The SMILES string of the molecule is Cc1cc(Cl)nc(NC=S)c1. The molecule has 0 aliphatic rings. The highest BCUT2D eigenvalue weighted by Crippen LogP contribution is 2.12. The van der Waals surface area contributed by atoms with Crippen LogP contribution in [0, 0.1) is 6.92 Å². The third-order valence-corrected chi connectivity index (χ3v) is 1.46. The van der Waals surface area contributed by atoms with E-state index in [9.17, 15) is 0 Å². The van der Waals surface area contributed by atoms with E-state index in [-0.39, 0.29) is 0 Å². The third-order valence-electron chi connectivity index (χ3n) is 1.15. The second-order valence-corrected chi connectivity index (χ2v) is 2.74. The molecule has 0 unspecified atom stereocenters. The lowest BCUT2D eigenvalue weighted by molar-refractivity contribution is 1.29. The summed E-state index contributed by atoms with van der Waals surface area (Å²) in [4.78, 5) is 3.98. The number of hydrogen-bond donors (Lipinski definition) is 1. The molecule has 4 heteroatoms. The second kappa shape index (κ2) is 3.64. The maximum atomic E-state index is 5.69. The molecule has 0 aromatic carbocycles. The van der Waals surface area contributed by atoms with Gasteiger partial charge >= 0.3 is 0 Å². The first kappa shape index (κ1) is 8.43. The first-order valence-corrected chi connectivity index (χ1v) is 3.91. The Bertz CT molecular complexity index is 255. The smallest absolute Gasteiger partial charge is 0.132 e. The van der Waals surface area contributed by atoms with E-state index in [1.54, 1.807) is 6.07 Å². The number of nitrogens with one attached hydrogen (secondary N) is 1. The molecule has 1 aromatic rings. The van der Waals surface area contributed by atoms with Gasteiger partial charge in [0.15, 0.2) is 0 Å². The zero-order valence-corrected chi connectivity index (χ0v) is 7.54. The van der Waals surface area contributed by atoms with Crippen molar-refractivity contribution in [2.75, 3.05) is 5.32 Å². The predicted octanol–water partition coefficient (Wildman–Crippen LogP) is 2.41. The predicted molar refractivity (Wildman–Crippen MR) is 51.3 cm³/mol. The van der Waals surface area contributed by atoms with Gasteiger partial charge in [0.05, 0.1) is 5.49 Å². The highest BCUT2D eigenvalue weighted by atomic mass is 35.5. The standard InChI is InChI=1S/C7H7ClN2S/c1-5-2-6(8)10-7(3-5)9-4-11/h2-4H,1H3,(H,9,10,11). The Hall–Kier alpha value is -0.670. The van der Waals surface area contributed by atoms with Crippen LogP contribution in [0.25, 0.3) is 0 Å². The van der Waals surface area contributed by atoms with Gasteiger partial charge in [-0.1, -0.05) is 23.8 Å². The van der Waals surface area contributed by atoms with Crippen LogP contribution in [-0.2, 0) is 0 Å². The molecule has 11 heavy (non-hydrogen) atoms. The molecule has 0 atom stereocenters. The fraction of sp³-hybridized carbons (Fsp3) is 0.143. The fourth-order valence-corrected chi connectivity index (χ4v) is 1.14. The molecule has 0 aliphatic carbocycles. The molecule has 58 valence electrons. The topological polar surface area (TPSA) is 24.9 Å². The van der Waals surface area contributed by atoms with Gasteiger partial charge in [-0.2, -0.15) is 0 Å². The number of halogens is 1. The highest BCUT2D eigenvalue weighted by Gasteiger charge is 1.94. The number of thiocarbonyl (C=S) groups is 1. The van der Waals surface area contributed by atoms with Crippen molar-refractivity contribution >= 4 is 35.1 Å². The van der Waals surface area contributed by atoms with Crippen LogP contribution in [0.1, 0.15) is 5.56 Å². The van der Waals surface area contributed by atoms with Gasteiger partial charge in [-0.3, -0.25) is 0 Å². The Balaban J connectivity index is 2.98. The molecule has 0 radical (unpaired) electrons. The monoisotopic (exact) mass is 186 g/mol. The van der Waals surface area contributed by atoms with Gasteiger partial charge < -0.3 is 5.32 Å². The van der Waals surface area contributed by atoms with E-state index in [2.05, 4.69) is 22.5 Å². The number of pyridine rings is 1. The van der Waals surface area contributed by atoms with Gasteiger partial charge in [-0.25, -0.2) is 4.98 Å². The highest BCUT2D eigenvalue weighted by molar-refractivity contribution is 7.79. The molecule has 1 rings (SSSR count). The zero-order valence-electron chi connectivity index (χ0n) is 5.97. The minimum absolute atomic E-state index is 0.476. The summed E-state index contributed by atoms with van der Waals surface area (Å²) in [5.41, 5.74) is 2.46. The van der Waals surface area contributed by atoms with Crippen molar-refractivity contribution < 1.29 is 0 Å². The minimum atomic E-state index is 0.476. The number of nitrogens with zero attached hydrogens (tertiary/aromatic N) is 1. The van der Waals surface area contributed by atoms with Gasteiger partial charge in [0.1, 0.15) is 11.0 Å². The van der Waals surface area contributed by atoms with Crippen LogP contribution in [-0.4, -0.2) is 10.5 Å². The molecule has 1 N–H and O–H groups in total. The Morgan fingerprint density at radius 3 is 2.91 bits per heavy atom. The van der Waals surface area contributed by atoms with Crippen LogP contribution >= 0.6 is 23.8 Å². The lowest BCUT2D eigenvalue weighted by Gasteiger charge is -2.00. The zero-order chi connectivity index (χ0) is 8.27. The Morgan fingerprint density at radius 2 is 2.36 bits per heavy atom. The van der Waals surface area contributed by atoms with E-state index in [0.29, 0.717) is 11.0 Å². The number of aromatic nitrogens is 1. The maximum Gasteiger partial charge on any atom is 0.132 e. The molecule has 0 spiro atoms. The average Bonchev–Trinajstić information content (AvgIpc) is 1.85. The summed E-state index contributed by atoms with van der Waals surface area (Å²) in [6.07, 6.45) is 0. The first-order valence-electron chi connectivity index (χ1n) is 3.07. The van der Waals surface area contributed by atoms with Gasteiger partial charge in [-0.05, 0) is 24.6 Å². The van der Waals surface area contributed by atoms with Crippen molar-refractivity contribution in [3.05, 3.63) is 22.8 Å². The quantitative estimate of drug-likeness (QED) is 0.567. The number of rotatable bonds is 2. The van der Waals surface area contributed by atoms with Gasteiger partial charge in [0.25, 0.3) is 0 Å². The van der Waals surface area contributed by atoms with Crippen LogP contribution in [0.3, 0.4) is 0 Å². The third kappa shape index (κ3) is 2.44. The molecular weight excluding hydrogens is 180 g/mol. The van der Waals surface area contributed by atoms with Crippen LogP contribution in [0.15, 0.2) is 12.1 Å². The second-order valence-electron chi connectivity index (χ2n) is 2.11. The molecule has 1 heterocycles. The molecular formula is C7H7ClN2S. The molecule has 0 fully saturated rings. The van der Waals surface area contributed by atoms with Crippen molar-refractivity contribution in [2.24, 2.45) is 0 Å². The molecule has 0 aliphatic heterocycles. The Kier molecular flexibility index (Phi) is 2.79. The summed E-state index contributed by atoms with van der Waals surface area (Å²) in [6.45, 7) is 1.95. The van der Waals surface area contributed by atoms with E-state index in [1.807, 2.05) is 13.0 Å². The summed E-state index contributed by atoms with van der Waals surface area (Å²) in [5, 5.41) is 3.26. The van der Waals surface area contributed by atoms with Gasteiger partial charge in [-0.15, -0.1) is 0 Å². The fourth-order valence-electron chi connectivity index (χ4n) is 0.759. The van der Waals surface area contributed by atoms with Crippen molar-refractivity contribution in [1.82, 2.24) is 4.98 Å². The number of hydrogen-bond acceptors (Lipinski definition) is 2. The lowest BCUT2D eigenvalue weighted by Crippen LogP contribution is -1.95. The van der Waals surface area contributed by atoms with Crippen LogP contribution in [0.5, 0.6) is 0 Å². The van der Waals surface area contributed by atoms with E-state index in [4.69, 9.17) is 11.6 Å². The molecule has 0 amide bonds. The molecule has 0 bridgehead atoms. The number of anilines is 1. The van der Waals surface area contributed by atoms with E-state index in [1.165, 1.54) is 5.49 Å². The maximum absolute atomic E-state index is 5.69. The van der Waals surface area contributed by atoms with Crippen molar-refractivity contribution in [1.29, 1.82) is 0 Å². The lowest BCUT2D eigenvalue weighted by atomic mass is 10.3. The number of aryl methyl sites for hydroxylation is 1. The van der Waals surface area contributed by atoms with Crippen LogP contribution in [0.4, 0.5) is 5.82 Å². The summed E-state index contributed by atoms with van der Waals surface area (Å²) >= 11 is 10.3.